The number of hydrogen-bond acceptors (Lipinski definition) is 4. The zero-order valence-corrected chi connectivity index (χ0v) is 13.7. The van der Waals surface area contributed by atoms with E-state index in [4.69, 9.17) is 0 Å². The molecule has 1 aliphatic rings. The quantitative estimate of drug-likeness (QED) is 0.946. The summed E-state index contributed by atoms with van der Waals surface area (Å²) in [6.07, 6.45) is 2.73. The van der Waals surface area contributed by atoms with Gasteiger partial charge in [-0.2, -0.15) is 0 Å². The second-order valence-electron chi connectivity index (χ2n) is 5.62. The van der Waals surface area contributed by atoms with Crippen molar-refractivity contribution >= 4 is 23.2 Å². The minimum absolute atomic E-state index is 0.0000605. The lowest BCUT2D eigenvalue weighted by molar-refractivity contribution is 0.192. The molecule has 1 N–H and O–H groups in total. The van der Waals surface area contributed by atoms with Crippen molar-refractivity contribution in [3.05, 3.63) is 45.8 Å². The van der Waals surface area contributed by atoms with Crippen LogP contribution in [0.25, 0.3) is 0 Å². The van der Waals surface area contributed by atoms with Crippen LogP contribution in [0.3, 0.4) is 0 Å². The molecule has 0 aliphatic carbocycles. The van der Waals surface area contributed by atoms with Crippen LogP contribution in [-0.2, 0) is 19.5 Å². The summed E-state index contributed by atoms with van der Waals surface area (Å²) in [5.41, 5.74) is 2.34. The predicted molar refractivity (Wildman–Crippen MR) is 89.2 cm³/mol. The smallest absolute Gasteiger partial charge is 0.317 e. The van der Waals surface area contributed by atoms with Crippen LogP contribution in [-0.4, -0.2) is 36.6 Å². The van der Waals surface area contributed by atoms with E-state index in [-0.39, 0.29) is 6.03 Å². The van der Waals surface area contributed by atoms with Crippen molar-refractivity contribution in [1.29, 1.82) is 0 Å². The highest BCUT2D eigenvalue weighted by atomic mass is 32.1. The van der Waals surface area contributed by atoms with Crippen molar-refractivity contribution in [2.24, 2.45) is 0 Å². The third-order valence-corrected chi connectivity index (χ3v) is 4.83. The van der Waals surface area contributed by atoms with Crippen molar-refractivity contribution < 1.29 is 4.79 Å². The summed E-state index contributed by atoms with van der Waals surface area (Å²) in [5.74, 6) is 0.896. The molecule has 2 amide bonds. The molecule has 5 nitrogen and oxygen atoms in total. The molecule has 2 aromatic rings. The van der Waals surface area contributed by atoms with Gasteiger partial charge >= 0.3 is 6.03 Å². The minimum atomic E-state index is 0.0000605. The Morgan fingerprint density at radius 2 is 2.32 bits per heavy atom. The first kappa shape index (κ1) is 14.8. The number of aromatic nitrogens is 1. The van der Waals surface area contributed by atoms with Gasteiger partial charge in [0.2, 0.25) is 0 Å². The Kier molecular flexibility index (Phi) is 4.29. The van der Waals surface area contributed by atoms with Gasteiger partial charge < -0.3 is 15.1 Å². The average molecular weight is 316 g/mol. The van der Waals surface area contributed by atoms with E-state index in [1.807, 2.05) is 36.0 Å². The molecule has 0 saturated heterocycles. The van der Waals surface area contributed by atoms with Crippen molar-refractivity contribution in [3.63, 3.8) is 0 Å². The van der Waals surface area contributed by atoms with Crippen LogP contribution >= 0.6 is 11.3 Å². The number of rotatable bonds is 3. The molecule has 1 aliphatic heterocycles. The number of pyridine rings is 1. The summed E-state index contributed by atoms with van der Waals surface area (Å²) in [6, 6.07) is 6.04. The Balaban J connectivity index is 1.58. The maximum atomic E-state index is 12.3. The third kappa shape index (κ3) is 3.22. The zero-order valence-electron chi connectivity index (χ0n) is 12.9. The summed E-state index contributed by atoms with van der Waals surface area (Å²) in [4.78, 5) is 21.8. The largest absolute Gasteiger partial charge is 0.363 e. The minimum Gasteiger partial charge on any atom is -0.363 e. The topological polar surface area (TPSA) is 48.5 Å². The van der Waals surface area contributed by atoms with Crippen LogP contribution in [0.2, 0.25) is 0 Å². The summed E-state index contributed by atoms with van der Waals surface area (Å²) in [5, 5.41) is 5.10. The van der Waals surface area contributed by atoms with Crippen LogP contribution < -0.4 is 10.2 Å². The van der Waals surface area contributed by atoms with Crippen molar-refractivity contribution in [3.8, 4) is 0 Å². The summed E-state index contributed by atoms with van der Waals surface area (Å²) in [6.45, 7) is 2.03. The molecule has 3 rings (SSSR count). The molecule has 3 heterocycles. The van der Waals surface area contributed by atoms with Crippen molar-refractivity contribution in [2.45, 2.75) is 19.5 Å². The SMILES string of the molecule is CN(C)c1cc(CNC(=O)N2CCc3sccc3C2)ccn1. The van der Waals surface area contributed by atoms with E-state index in [9.17, 15) is 4.79 Å². The summed E-state index contributed by atoms with van der Waals surface area (Å²) >= 11 is 1.78. The van der Waals surface area contributed by atoms with E-state index in [1.165, 1.54) is 10.4 Å². The Morgan fingerprint density at radius 3 is 3.14 bits per heavy atom. The number of amides is 2. The number of carbonyl (C=O) groups excluding carboxylic acids is 1. The second-order valence-corrected chi connectivity index (χ2v) is 6.62. The number of nitrogens with zero attached hydrogens (tertiary/aromatic N) is 3. The number of hydrogen-bond donors (Lipinski definition) is 1. The van der Waals surface area contributed by atoms with E-state index in [0.717, 1.165) is 24.3 Å². The molecule has 116 valence electrons. The van der Waals surface area contributed by atoms with E-state index in [0.29, 0.717) is 13.1 Å². The molecule has 0 spiro atoms. The van der Waals surface area contributed by atoms with Gasteiger partial charge in [-0.25, -0.2) is 9.78 Å². The van der Waals surface area contributed by atoms with E-state index in [2.05, 4.69) is 21.7 Å². The molecule has 6 heteroatoms. The number of fused-ring (bicyclic) bond motifs is 1. The Labute approximate surface area is 134 Å². The van der Waals surface area contributed by atoms with Gasteiger partial charge in [-0.1, -0.05) is 0 Å². The molecule has 0 unspecified atom stereocenters. The monoisotopic (exact) mass is 316 g/mol. The number of nitrogens with one attached hydrogen (secondary N) is 1. The highest BCUT2D eigenvalue weighted by molar-refractivity contribution is 7.10. The van der Waals surface area contributed by atoms with E-state index >= 15 is 0 Å². The Morgan fingerprint density at radius 1 is 1.45 bits per heavy atom. The molecule has 0 saturated carbocycles. The van der Waals surface area contributed by atoms with Crippen molar-refractivity contribution in [2.75, 3.05) is 25.5 Å². The number of urea groups is 1. The van der Waals surface area contributed by atoms with E-state index < -0.39 is 0 Å². The molecule has 2 aromatic heterocycles. The molecular formula is C16H20N4OS. The van der Waals surface area contributed by atoms with Gasteiger partial charge in [-0.3, -0.25) is 0 Å². The first-order valence-corrected chi connectivity index (χ1v) is 8.22. The van der Waals surface area contributed by atoms with Gasteiger partial charge in [-0.15, -0.1) is 11.3 Å². The van der Waals surface area contributed by atoms with Crippen molar-refractivity contribution in [1.82, 2.24) is 15.2 Å². The normalized spacial score (nSPS) is 13.6. The van der Waals surface area contributed by atoms with Gasteiger partial charge in [0.25, 0.3) is 0 Å². The lowest BCUT2D eigenvalue weighted by atomic mass is 10.1. The number of thiophene rings is 1. The number of carbonyl (C=O) groups is 1. The Hall–Kier alpha value is -2.08. The van der Waals surface area contributed by atoms with Crippen LogP contribution in [0, 0.1) is 0 Å². The van der Waals surface area contributed by atoms with Gasteiger partial charge in [-0.05, 0) is 41.1 Å². The van der Waals surface area contributed by atoms with Gasteiger partial charge in [0.1, 0.15) is 5.82 Å². The second kappa shape index (κ2) is 6.36. The van der Waals surface area contributed by atoms with Crippen LogP contribution in [0.15, 0.2) is 29.8 Å². The molecule has 22 heavy (non-hydrogen) atoms. The first-order valence-electron chi connectivity index (χ1n) is 7.34. The fraction of sp³-hybridized carbons (Fsp3) is 0.375. The maximum Gasteiger partial charge on any atom is 0.317 e. The molecule has 0 fully saturated rings. The van der Waals surface area contributed by atoms with E-state index in [1.54, 1.807) is 17.5 Å². The number of anilines is 1. The van der Waals surface area contributed by atoms with Crippen LogP contribution in [0.4, 0.5) is 10.6 Å². The maximum absolute atomic E-state index is 12.3. The molecular weight excluding hydrogens is 296 g/mol. The molecule has 0 bridgehead atoms. The zero-order chi connectivity index (χ0) is 15.5. The van der Waals surface area contributed by atoms with Crippen LogP contribution in [0.5, 0.6) is 0 Å². The molecule has 0 aromatic carbocycles. The summed E-state index contributed by atoms with van der Waals surface area (Å²) in [7, 11) is 3.91. The standard InChI is InChI=1S/C16H20N4OS/c1-19(2)15-9-12(3-6-17-15)10-18-16(21)20-7-4-14-13(11-20)5-8-22-14/h3,5-6,8-9H,4,7,10-11H2,1-2H3,(H,18,21). The van der Waals surface area contributed by atoms with Gasteiger partial charge in [0.05, 0.1) is 0 Å². The van der Waals surface area contributed by atoms with Gasteiger partial charge in [0, 0.05) is 44.8 Å². The Bertz CT molecular complexity index is 668. The molecule has 0 radical (unpaired) electrons. The summed E-state index contributed by atoms with van der Waals surface area (Å²) < 4.78 is 0. The third-order valence-electron chi connectivity index (χ3n) is 3.81. The fourth-order valence-corrected chi connectivity index (χ4v) is 3.42. The fourth-order valence-electron chi connectivity index (χ4n) is 2.53. The lowest BCUT2D eigenvalue weighted by Crippen LogP contribution is -2.42. The first-order chi connectivity index (χ1) is 10.6. The van der Waals surface area contributed by atoms with Crippen LogP contribution in [0.1, 0.15) is 16.0 Å². The average Bonchev–Trinajstić information content (AvgIpc) is 3.00. The predicted octanol–water partition coefficient (Wildman–Crippen LogP) is 2.48. The molecule has 0 atom stereocenters. The highest BCUT2D eigenvalue weighted by Gasteiger charge is 2.21. The van der Waals surface area contributed by atoms with Gasteiger partial charge in [0.15, 0.2) is 0 Å². The lowest BCUT2D eigenvalue weighted by Gasteiger charge is -2.27. The highest BCUT2D eigenvalue weighted by Crippen LogP contribution is 2.23.